The van der Waals surface area contributed by atoms with Crippen LogP contribution in [0, 0.1) is 3.57 Å². The van der Waals surface area contributed by atoms with E-state index in [1.807, 2.05) is 23.1 Å². The number of aliphatic imine (C=N–C) groups is 1. The Morgan fingerprint density at radius 3 is 2.35 bits per heavy atom. The molecule has 0 unspecified atom stereocenters. The number of methoxy groups -OCH3 is 2. The summed E-state index contributed by atoms with van der Waals surface area (Å²) in [4.78, 5) is 21.4. The van der Waals surface area contributed by atoms with Crippen LogP contribution in [-0.4, -0.2) is 42.3 Å². The van der Waals surface area contributed by atoms with Gasteiger partial charge in [-0.3, -0.25) is 14.7 Å². The quantitative estimate of drug-likeness (QED) is 0.319. The minimum Gasteiger partial charge on any atom is -0.493 e. The highest BCUT2D eigenvalue weighted by Crippen LogP contribution is 2.40. The highest BCUT2D eigenvalue weighted by molar-refractivity contribution is 14.1. The molecule has 3 aliphatic rings. The van der Waals surface area contributed by atoms with E-state index in [1.165, 1.54) is 38.5 Å². The molecule has 31 heavy (non-hydrogen) atoms. The van der Waals surface area contributed by atoms with Crippen molar-refractivity contribution in [2.45, 2.75) is 76.3 Å². The number of nitrogens with zero attached hydrogens (tertiary/aromatic N) is 2. The lowest BCUT2D eigenvalue weighted by atomic mass is 9.94. The number of thioether (sulfide) groups is 1. The summed E-state index contributed by atoms with van der Waals surface area (Å²) < 4.78 is 11.9. The number of carbonyl (C=O) groups excluding carboxylic acids is 1. The molecule has 1 aromatic carbocycles. The fourth-order valence-corrected chi connectivity index (χ4v) is 6.73. The number of amidine groups is 1. The third kappa shape index (κ3) is 5.24. The summed E-state index contributed by atoms with van der Waals surface area (Å²) in [6.07, 6.45) is 13.9. The van der Waals surface area contributed by atoms with Gasteiger partial charge in [-0.2, -0.15) is 0 Å². The van der Waals surface area contributed by atoms with Gasteiger partial charge in [0, 0.05) is 6.04 Å². The molecule has 2 aliphatic carbocycles. The van der Waals surface area contributed by atoms with E-state index in [1.54, 1.807) is 26.0 Å². The maximum absolute atomic E-state index is 13.5. The van der Waals surface area contributed by atoms with E-state index in [0.717, 1.165) is 50.6 Å². The first-order valence-electron chi connectivity index (χ1n) is 11.3. The molecule has 5 nitrogen and oxygen atoms in total. The van der Waals surface area contributed by atoms with Crippen molar-refractivity contribution in [1.29, 1.82) is 0 Å². The van der Waals surface area contributed by atoms with Gasteiger partial charge in [-0.15, -0.1) is 0 Å². The van der Waals surface area contributed by atoms with Gasteiger partial charge in [0.2, 0.25) is 0 Å². The lowest BCUT2D eigenvalue weighted by Crippen LogP contribution is -2.41. The van der Waals surface area contributed by atoms with E-state index in [2.05, 4.69) is 22.6 Å². The zero-order valence-electron chi connectivity index (χ0n) is 18.4. The Labute approximate surface area is 203 Å². The van der Waals surface area contributed by atoms with Crippen molar-refractivity contribution in [3.63, 3.8) is 0 Å². The molecule has 7 heteroatoms. The van der Waals surface area contributed by atoms with Crippen LogP contribution in [0.15, 0.2) is 22.0 Å². The monoisotopic (exact) mass is 554 g/mol. The molecule has 0 N–H and O–H groups in total. The number of rotatable bonds is 5. The number of hydrogen-bond acceptors (Lipinski definition) is 5. The van der Waals surface area contributed by atoms with E-state index in [-0.39, 0.29) is 11.9 Å². The van der Waals surface area contributed by atoms with Crippen LogP contribution in [0.3, 0.4) is 0 Å². The zero-order valence-corrected chi connectivity index (χ0v) is 21.3. The molecule has 0 aromatic heterocycles. The van der Waals surface area contributed by atoms with Gasteiger partial charge < -0.3 is 9.47 Å². The van der Waals surface area contributed by atoms with Gasteiger partial charge >= 0.3 is 0 Å². The van der Waals surface area contributed by atoms with Crippen molar-refractivity contribution < 1.29 is 14.3 Å². The van der Waals surface area contributed by atoms with Crippen LogP contribution in [0.2, 0.25) is 0 Å². The first-order chi connectivity index (χ1) is 15.1. The number of ether oxygens (including phenoxy) is 2. The molecule has 168 valence electrons. The Balaban J connectivity index is 1.66. The van der Waals surface area contributed by atoms with Gasteiger partial charge in [-0.25, -0.2) is 0 Å². The first kappa shape index (κ1) is 23.0. The van der Waals surface area contributed by atoms with E-state index in [4.69, 9.17) is 14.5 Å². The Kier molecular flexibility index (Phi) is 7.85. The third-order valence-electron chi connectivity index (χ3n) is 6.40. The van der Waals surface area contributed by atoms with Gasteiger partial charge in [0.25, 0.3) is 5.91 Å². The van der Waals surface area contributed by atoms with Crippen molar-refractivity contribution >= 4 is 51.5 Å². The maximum atomic E-state index is 13.5. The minimum absolute atomic E-state index is 0.108. The number of carbonyl (C=O) groups is 1. The van der Waals surface area contributed by atoms with Crippen LogP contribution in [0.4, 0.5) is 0 Å². The van der Waals surface area contributed by atoms with E-state index in [9.17, 15) is 4.79 Å². The predicted molar refractivity (Wildman–Crippen MR) is 136 cm³/mol. The lowest BCUT2D eigenvalue weighted by molar-refractivity contribution is -0.124. The van der Waals surface area contributed by atoms with Crippen LogP contribution in [0.5, 0.6) is 11.5 Å². The van der Waals surface area contributed by atoms with Crippen molar-refractivity contribution in [2.24, 2.45) is 4.99 Å². The third-order valence-corrected chi connectivity index (χ3v) is 8.20. The molecule has 1 aliphatic heterocycles. The largest absolute Gasteiger partial charge is 0.493 e. The normalized spacial score (nSPS) is 23.7. The highest BCUT2D eigenvalue weighted by Gasteiger charge is 2.39. The summed E-state index contributed by atoms with van der Waals surface area (Å²) in [5, 5.41) is 0.922. The lowest BCUT2D eigenvalue weighted by Gasteiger charge is -2.31. The van der Waals surface area contributed by atoms with Gasteiger partial charge in [0.1, 0.15) is 0 Å². The van der Waals surface area contributed by atoms with Crippen LogP contribution >= 0.6 is 34.4 Å². The summed E-state index contributed by atoms with van der Waals surface area (Å²) in [5.41, 5.74) is 0.945. The predicted octanol–water partition coefficient (Wildman–Crippen LogP) is 6.25. The van der Waals surface area contributed by atoms with Crippen molar-refractivity contribution in [3.05, 3.63) is 26.2 Å². The number of halogens is 1. The van der Waals surface area contributed by atoms with Gasteiger partial charge in [0.05, 0.1) is 28.7 Å². The second-order valence-electron chi connectivity index (χ2n) is 8.52. The summed E-state index contributed by atoms with van der Waals surface area (Å²) in [7, 11) is 3.28. The molecular formula is C24H31IN2O3S. The van der Waals surface area contributed by atoms with Crippen molar-refractivity contribution in [2.75, 3.05) is 14.2 Å². The standard InChI is InChI=1S/C24H31IN2O3S/c1-29-20-14-16(13-19(25)22(20)30-2)15-21-23(28)27(18-11-7-4-8-12-18)24(31-21)26-17-9-5-3-6-10-17/h13-15,17-18H,3-12H2,1-2H3. The van der Waals surface area contributed by atoms with E-state index in [0.29, 0.717) is 11.8 Å². The molecule has 1 saturated heterocycles. The molecular weight excluding hydrogens is 523 g/mol. The Bertz CT molecular complexity index is 874. The minimum atomic E-state index is 0.108. The average Bonchev–Trinajstić information content (AvgIpc) is 3.09. The SMILES string of the molecule is COc1cc(C=C2SC(=NC3CCCCC3)N(C3CCCCC3)C2=O)cc(I)c1OC. The average molecular weight is 554 g/mol. The molecule has 4 rings (SSSR count). The second kappa shape index (κ2) is 10.6. The van der Waals surface area contributed by atoms with Crippen LogP contribution in [-0.2, 0) is 4.79 Å². The fraction of sp³-hybridized carbons (Fsp3) is 0.583. The topological polar surface area (TPSA) is 51.1 Å². The molecule has 0 spiro atoms. The Morgan fingerprint density at radius 1 is 1.03 bits per heavy atom. The van der Waals surface area contributed by atoms with Crippen LogP contribution in [0.25, 0.3) is 6.08 Å². The Morgan fingerprint density at radius 2 is 1.71 bits per heavy atom. The van der Waals surface area contributed by atoms with E-state index < -0.39 is 0 Å². The molecule has 0 atom stereocenters. The molecule has 0 bridgehead atoms. The van der Waals surface area contributed by atoms with Crippen LogP contribution in [0.1, 0.15) is 69.8 Å². The second-order valence-corrected chi connectivity index (χ2v) is 10.7. The molecule has 3 fully saturated rings. The summed E-state index contributed by atoms with van der Waals surface area (Å²) in [6, 6.07) is 4.61. The Hall–Kier alpha value is -1.22. The van der Waals surface area contributed by atoms with Crippen molar-refractivity contribution in [1.82, 2.24) is 4.90 Å². The summed E-state index contributed by atoms with van der Waals surface area (Å²) in [5.74, 6) is 1.51. The molecule has 1 aromatic rings. The molecule has 1 heterocycles. The maximum Gasteiger partial charge on any atom is 0.266 e. The zero-order chi connectivity index (χ0) is 21.8. The van der Waals surface area contributed by atoms with Crippen LogP contribution < -0.4 is 9.47 Å². The smallest absolute Gasteiger partial charge is 0.266 e. The molecule has 1 amide bonds. The van der Waals surface area contributed by atoms with Gasteiger partial charge in [-0.1, -0.05) is 38.5 Å². The van der Waals surface area contributed by atoms with Gasteiger partial charge in [0.15, 0.2) is 16.7 Å². The fourth-order valence-electron chi connectivity index (χ4n) is 4.78. The number of benzene rings is 1. The highest BCUT2D eigenvalue weighted by atomic mass is 127. The number of amides is 1. The van der Waals surface area contributed by atoms with Gasteiger partial charge in [-0.05, 0) is 83.8 Å². The number of hydrogen-bond donors (Lipinski definition) is 0. The first-order valence-corrected chi connectivity index (χ1v) is 13.2. The summed E-state index contributed by atoms with van der Waals surface area (Å²) in [6.45, 7) is 0. The molecule has 0 radical (unpaired) electrons. The summed E-state index contributed by atoms with van der Waals surface area (Å²) >= 11 is 3.80. The van der Waals surface area contributed by atoms with E-state index >= 15 is 0 Å². The van der Waals surface area contributed by atoms with Crippen molar-refractivity contribution in [3.8, 4) is 11.5 Å². The molecule has 2 saturated carbocycles.